The lowest BCUT2D eigenvalue weighted by molar-refractivity contribution is 0.102. The lowest BCUT2D eigenvalue weighted by Crippen LogP contribution is -2.11. The number of aromatic nitrogens is 1. The van der Waals surface area contributed by atoms with Crippen LogP contribution >= 0.6 is 0 Å². The van der Waals surface area contributed by atoms with E-state index in [0.717, 1.165) is 5.75 Å². The number of nitrogens with one attached hydrogen (secondary N) is 1. The van der Waals surface area contributed by atoms with E-state index in [-0.39, 0.29) is 11.7 Å². The maximum Gasteiger partial charge on any atom is 0.255 e. The van der Waals surface area contributed by atoms with Crippen LogP contribution in [0.4, 0.5) is 10.1 Å². The van der Waals surface area contributed by atoms with Crippen molar-refractivity contribution in [1.29, 1.82) is 0 Å². The van der Waals surface area contributed by atoms with E-state index in [9.17, 15) is 9.18 Å². The average molecular weight is 376 g/mol. The monoisotopic (exact) mass is 376 g/mol. The molecule has 0 saturated carbocycles. The Kier molecular flexibility index (Phi) is 4.76. The summed E-state index contributed by atoms with van der Waals surface area (Å²) in [5.41, 5.74) is 2.44. The second-order valence-corrected chi connectivity index (χ2v) is 6.16. The van der Waals surface area contributed by atoms with Crippen molar-refractivity contribution in [2.45, 2.75) is 6.92 Å². The molecule has 4 aromatic rings. The third kappa shape index (κ3) is 3.57. The van der Waals surface area contributed by atoms with Crippen molar-refractivity contribution in [2.24, 2.45) is 0 Å². The van der Waals surface area contributed by atoms with Gasteiger partial charge in [-0.05, 0) is 73.7 Å². The number of fused-ring (bicyclic) bond motifs is 1. The minimum absolute atomic E-state index is 0.252. The van der Waals surface area contributed by atoms with Crippen LogP contribution in [-0.4, -0.2) is 17.7 Å². The largest absolute Gasteiger partial charge is 0.494 e. The summed E-state index contributed by atoms with van der Waals surface area (Å²) < 4.78 is 24.0. The zero-order valence-electron chi connectivity index (χ0n) is 15.1. The molecule has 5 nitrogen and oxygen atoms in total. The quantitative estimate of drug-likeness (QED) is 0.514. The number of nitrogens with zero attached hydrogens (tertiary/aromatic N) is 1. The van der Waals surface area contributed by atoms with Crippen LogP contribution in [0.5, 0.6) is 5.75 Å². The van der Waals surface area contributed by atoms with Crippen LogP contribution in [0.1, 0.15) is 17.3 Å². The van der Waals surface area contributed by atoms with Crippen LogP contribution in [0.2, 0.25) is 0 Å². The Hall–Kier alpha value is -3.67. The maximum absolute atomic E-state index is 13.2. The van der Waals surface area contributed by atoms with Crippen LogP contribution in [-0.2, 0) is 0 Å². The van der Waals surface area contributed by atoms with Gasteiger partial charge in [0, 0.05) is 16.8 Å². The van der Waals surface area contributed by atoms with Gasteiger partial charge < -0.3 is 14.6 Å². The summed E-state index contributed by atoms with van der Waals surface area (Å²) in [4.78, 5) is 12.6. The molecule has 0 aliphatic carbocycles. The van der Waals surface area contributed by atoms with E-state index in [1.807, 2.05) is 6.92 Å². The van der Waals surface area contributed by atoms with Crippen LogP contribution in [0, 0.1) is 5.82 Å². The highest BCUT2D eigenvalue weighted by molar-refractivity contribution is 6.07. The summed E-state index contributed by atoms with van der Waals surface area (Å²) in [6.45, 7) is 2.50. The molecule has 0 unspecified atom stereocenters. The van der Waals surface area contributed by atoms with Crippen LogP contribution in [0.3, 0.4) is 0 Å². The van der Waals surface area contributed by atoms with Crippen molar-refractivity contribution >= 4 is 22.5 Å². The summed E-state index contributed by atoms with van der Waals surface area (Å²) in [6.07, 6.45) is 0. The van der Waals surface area contributed by atoms with Gasteiger partial charge in [-0.15, -0.1) is 0 Å². The third-order valence-electron chi connectivity index (χ3n) is 4.27. The number of halogens is 1. The van der Waals surface area contributed by atoms with Crippen molar-refractivity contribution in [2.75, 3.05) is 11.9 Å². The second kappa shape index (κ2) is 7.52. The summed E-state index contributed by atoms with van der Waals surface area (Å²) in [5.74, 6) is 0.654. The number of anilines is 1. The first-order valence-corrected chi connectivity index (χ1v) is 8.83. The first-order valence-electron chi connectivity index (χ1n) is 8.83. The smallest absolute Gasteiger partial charge is 0.255 e. The van der Waals surface area contributed by atoms with Crippen LogP contribution < -0.4 is 10.1 Å². The van der Waals surface area contributed by atoms with Gasteiger partial charge in [0.25, 0.3) is 5.91 Å². The van der Waals surface area contributed by atoms with Gasteiger partial charge in [0.1, 0.15) is 17.1 Å². The minimum Gasteiger partial charge on any atom is -0.494 e. The van der Waals surface area contributed by atoms with E-state index in [2.05, 4.69) is 10.5 Å². The molecule has 0 atom stereocenters. The number of benzene rings is 3. The van der Waals surface area contributed by atoms with Crippen molar-refractivity contribution in [3.05, 3.63) is 78.1 Å². The molecule has 0 spiro atoms. The molecule has 0 fully saturated rings. The van der Waals surface area contributed by atoms with Gasteiger partial charge in [0.05, 0.1) is 12.0 Å². The SMILES string of the molecule is CCOc1ccc(NC(=O)c2ccc3noc(-c4ccc(F)cc4)c3c2)cc1. The molecule has 28 heavy (non-hydrogen) atoms. The number of carbonyl (C=O) groups excluding carboxylic acids is 1. The zero-order valence-corrected chi connectivity index (χ0v) is 15.1. The lowest BCUT2D eigenvalue weighted by Gasteiger charge is -2.07. The number of ether oxygens (including phenoxy) is 1. The fourth-order valence-corrected chi connectivity index (χ4v) is 2.90. The summed E-state index contributed by atoms with van der Waals surface area (Å²) in [6, 6.07) is 18.2. The lowest BCUT2D eigenvalue weighted by atomic mass is 10.1. The van der Waals surface area contributed by atoms with Gasteiger partial charge >= 0.3 is 0 Å². The zero-order chi connectivity index (χ0) is 19.5. The molecule has 6 heteroatoms. The molecule has 0 saturated heterocycles. The maximum atomic E-state index is 13.2. The molecule has 1 aromatic heterocycles. The molecule has 0 aliphatic rings. The Labute approximate surface area is 160 Å². The van der Waals surface area contributed by atoms with Gasteiger partial charge in [0.15, 0.2) is 5.76 Å². The Morgan fingerprint density at radius 1 is 1.07 bits per heavy atom. The number of rotatable bonds is 5. The highest BCUT2D eigenvalue weighted by Gasteiger charge is 2.14. The van der Waals surface area contributed by atoms with E-state index in [0.29, 0.717) is 40.1 Å². The molecular weight excluding hydrogens is 359 g/mol. The normalized spacial score (nSPS) is 10.8. The fourth-order valence-electron chi connectivity index (χ4n) is 2.90. The molecule has 1 heterocycles. The Morgan fingerprint density at radius 3 is 2.54 bits per heavy atom. The highest BCUT2D eigenvalue weighted by atomic mass is 19.1. The summed E-state index contributed by atoms with van der Waals surface area (Å²) >= 11 is 0. The molecule has 4 rings (SSSR count). The second-order valence-electron chi connectivity index (χ2n) is 6.16. The molecular formula is C22H17FN2O3. The van der Waals surface area contributed by atoms with Gasteiger partial charge in [-0.25, -0.2) is 4.39 Å². The van der Waals surface area contributed by atoms with Gasteiger partial charge in [-0.3, -0.25) is 4.79 Å². The highest BCUT2D eigenvalue weighted by Crippen LogP contribution is 2.29. The Bertz CT molecular complexity index is 1120. The van der Waals surface area contributed by atoms with E-state index in [1.54, 1.807) is 54.6 Å². The third-order valence-corrected chi connectivity index (χ3v) is 4.27. The Balaban J connectivity index is 1.60. The molecule has 0 aliphatic heterocycles. The van der Waals surface area contributed by atoms with Crippen molar-refractivity contribution in [3.8, 4) is 17.1 Å². The molecule has 1 N–H and O–H groups in total. The van der Waals surface area contributed by atoms with Gasteiger partial charge in [-0.2, -0.15) is 0 Å². The Morgan fingerprint density at radius 2 is 1.82 bits per heavy atom. The van der Waals surface area contributed by atoms with Gasteiger partial charge in [0.2, 0.25) is 0 Å². The topological polar surface area (TPSA) is 64.4 Å². The first-order chi connectivity index (χ1) is 13.6. The number of hydrogen-bond acceptors (Lipinski definition) is 4. The van der Waals surface area contributed by atoms with Crippen molar-refractivity contribution in [1.82, 2.24) is 5.16 Å². The van der Waals surface area contributed by atoms with Crippen LogP contribution in [0.25, 0.3) is 22.2 Å². The summed E-state index contributed by atoms with van der Waals surface area (Å²) in [7, 11) is 0. The fraction of sp³-hybridized carbons (Fsp3) is 0.0909. The van der Waals surface area contributed by atoms with E-state index < -0.39 is 0 Å². The summed E-state index contributed by atoms with van der Waals surface area (Å²) in [5, 5.41) is 7.56. The predicted molar refractivity (Wildman–Crippen MR) is 105 cm³/mol. The van der Waals surface area contributed by atoms with E-state index in [1.165, 1.54) is 12.1 Å². The predicted octanol–water partition coefficient (Wildman–Crippen LogP) is 5.28. The average Bonchev–Trinajstić information content (AvgIpc) is 3.13. The first kappa shape index (κ1) is 17.7. The standard InChI is InChI=1S/C22H17FN2O3/c1-2-27-18-10-8-17(9-11-18)24-22(26)15-5-12-20-19(13-15)21(28-25-20)14-3-6-16(23)7-4-14/h3-13H,2H2,1H3,(H,24,26). The molecule has 0 bridgehead atoms. The molecule has 140 valence electrons. The van der Waals surface area contributed by atoms with E-state index >= 15 is 0 Å². The van der Waals surface area contributed by atoms with Gasteiger partial charge in [-0.1, -0.05) is 5.16 Å². The molecule has 3 aromatic carbocycles. The van der Waals surface area contributed by atoms with Crippen molar-refractivity contribution in [3.63, 3.8) is 0 Å². The molecule has 1 amide bonds. The number of carbonyl (C=O) groups is 1. The van der Waals surface area contributed by atoms with Crippen molar-refractivity contribution < 1.29 is 18.4 Å². The molecule has 0 radical (unpaired) electrons. The minimum atomic E-state index is -0.331. The number of amides is 1. The number of hydrogen-bond donors (Lipinski definition) is 1. The van der Waals surface area contributed by atoms with E-state index in [4.69, 9.17) is 9.26 Å². The van der Waals surface area contributed by atoms with Crippen LogP contribution in [0.15, 0.2) is 71.3 Å².